The Labute approximate surface area is 145 Å². The van der Waals surface area contributed by atoms with Gasteiger partial charge in [0.2, 0.25) is 0 Å². The largest absolute Gasteiger partial charge is 0.490 e. The first kappa shape index (κ1) is 17.9. The Morgan fingerprint density at radius 1 is 1.08 bits per heavy atom. The van der Waals surface area contributed by atoms with Crippen LogP contribution in [0, 0.1) is 0 Å². The molecule has 0 saturated carbocycles. The summed E-state index contributed by atoms with van der Waals surface area (Å²) in [6, 6.07) is 14.4. The van der Waals surface area contributed by atoms with Gasteiger partial charge in [0, 0.05) is 17.8 Å². The molecule has 2 aromatic rings. The van der Waals surface area contributed by atoms with Crippen molar-refractivity contribution >= 4 is 5.69 Å². The van der Waals surface area contributed by atoms with E-state index in [4.69, 9.17) is 9.47 Å². The fourth-order valence-corrected chi connectivity index (χ4v) is 2.52. The molecule has 24 heavy (non-hydrogen) atoms. The Morgan fingerprint density at radius 2 is 1.88 bits per heavy atom. The van der Waals surface area contributed by atoms with E-state index in [1.807, 2.05) is 31.2 Å². The third-order valence-electron chi connectivity index (χ3n) is 3.58. The van der Waals surface area contributed by atoms with Gasteiger partial charge in [-0.05, 0) is 49.6 Å². The van der Waals surface area contributed by atoms with Crippen LogP contribution in [-0.2, 0) is 13.0 Å². The van der Waals surface area contributed by atoms with E-state index in [1.165, 1.54) is 5.56 Å². The van der Waals surface area contributed by atoms with Gasteiger partial charge < -0.3 is 14.8 Å². The van der Waals surface area contributed by atoms with E-state index in [-0.39, 0.29) is 0 Å². The van der Waals surface area contributed by atoms with Gasteiger partial charge in [-0.25, -0.2) is 0 Å². The summed E-state index contributed by atoms with van der Waals surface area (Å²) in [5.41, 5.74) is 3.39. The van der Waals surface area contributed by atoms with Crippen molar-refractivity contribution in [2.45, 2.75) is 33.2 Å². The number of ether oxygens (including phenoxy) is 2. The molecule has 3 nitrogen and oxygen atoms in total. The van der Waals surface area contributed by atoms with Crippen LogP contribution in [-0.4, -0.2) is 13.2 Å². The van der Waals surface area contributed by atoms with Crippen LogP contribution in [0.25, 0.3) is 0 Å². The minimum absolute atomic E-state index is 0.617. The summed E-state index contributed by atoms with van der Waals surface area (Å²) in [6.07, 6.45) is 3.63. The van der Waals surface area contributed by atoms with E-state index in [0.717, 1.165) is 42.1 Å². The summed E-state index contributed by atoms with van der Waals surface area (Å²) < 4.78 is 11.8. The molecule has 3 heteroatoms. The normalized spacial score (nSPS) is 10.2. The standard InChI is InChI=1S/C21H27NO2/c1-4-10-18-14-17(16-22-19-11-8-7-9-12-19)15-20(23-6-3)21(18)24-13-5-2/h4,7-9,11-12,14-15,22H,1,5-6,10,13,16H2,2-3H3. The Hall–Kier alpha value is -2.42. The Kier molecular flexibility index (Phi) is 7.21. The second-order valence-electron chi connectivity index (χ2n) is 5.58. The van der Waals surface area contributed by atoms with Gasteiger partial charge in [-0.15, -0.1) is 6.58 Å². The number of rotatable bonds is 10. The predicted octanol–water partition coefficient (Wildman–Crippen LogP) is 5.21. The molecule has 1 N–H and O–H groups in total. The lowest BCUT2D eigenvalue weighted by atomic mass is 10.1. The lowest BCUT2D eigenvalue weighted by Gasteiger charge is -2.17. The van der Waals surface area contributed by atoms with Crippen molar-refractivity contribution in [3.8, 4) is 11.5 Å². The van der Waals surface area contributed by atoms with Crippen molar-refractivity contribution < 1.29 is 9.47 Å². The van der Waals surface area contributed by atoms with Crippen LogP contribution < -0.4 is 14.8 Å². The van der Waals surface area contributed by atoms with Crippen molar-refractivity contribution in [3.63, 3.8) is 0 Å². The summed E-state index contributed by atoms with van der Waals surface area (Å²) in [7, 11) is 0. The highest BCUT2D eigenvalue weighted by Crippen LogP contribution is 2.34. The third kappa shape index (κ3) is 5.05. The minimum Gasteiger partial charge on any atom is -0.490 e. The number of hydrogen-bond donors (Lipinski definition) is 1. The van der Waals surface area contributed by atoms with Crippen LogP contribution in [0.4, 0.5) is 5.69 Å². The number of hydrogen-bond acceptors (Lipinski definition) is 3. The van der Waals surface area contributed by atoms with Gasteiger partial charge >= 0.3 is 0 Å². The van der Waals surface area contributed by atoms with Crippen LogP contribution in [0.15, 0.2) is 55.1 Å². The summed E-state index contributed by atoms with van der Waals surface area (Å²) in [4.78, 5) is 0. The van der Waals surface area contributed by atoms with Crippen molar-refractivity contribution in [3.05, 3.63) is 66.2 Å². The highest BCUT2D eigenvalue weighted by molar-refractivity contribution is 5.51. The SMILES string of the molecule is C=CCc1cc(CNc2ccccc2)cc(OCC)c1OCCC. The molecule has 0 aliphatic heterocycles. The van der Waals surface area contributed by atoms with Gasteiger partial charge in [0.1, 0.15) is 0 Å². The molecule has 128 valence electrons. The molecular formula is C21H27NO2. The topological polar surface area (TPSA) is 30.5 Å². The van der Waals surface area contributed by atoms with Crippen molar-refractivity contribution in [1.29, 1.82) is 0 Å². The van der Waals surface area contributed by atoms with E-state index in [2.05, 4.69) is 43.1 Å². The summed E-state index contributed by atoms with van der Waals surface area (Å²) in [6.45, 7) is 10.0. The molecule has 0 saturated heterocycles. The molecule has 0 aliphatic rings. The smallest absolute Gasteiger partial charge is 0.164 e. The first-order valence-corrected chi connectivity index (χ1v) is 8.59. The molecule has 2 rings (SSSR count). The number of allylic oxidation sites excluding steroid dienone is 1. The highest BCUT2D eigenvalue weighted by atomic mass is 16.5. The first-order valence-electron chi connectivity index (χ1n) is 8.59. The first-order chi connectivity index (χ1) is 11.8. The second kappa shape index (κ2) is 9.66. The molecule has 0 unspecified atom stereocenters. The number of nitrogens with one attached hydrogen (secondary N) is 1. The number of benzene rings is 2. The fraction of sp³-hybridized carbons (Fsp3) is 0.333. The maximum absolute atomic E-state index is 5.95. The fourth-order valence-electron chi connectivity index (χ4n) is 2.52. The average molecular weight is 325 g/mol. The Bertz CT molecular complexity index is 638. The van der Waals surface area contributed by atoms with Crippen molar-refractivity contribution in [2.75, 3.05) is 18.5 Å². The lowest BCUT2D eigenvalue weighted by molar-refractivity contribution is 0.274. The zero-order chi connectivity index (χ0) is 17.2. The molecule has 0 atom stereocenters. The minimum atomic E-state index is 0.617. The molecule has 0 spiro atoms. The molecule has 0 aliphatic carbocycles. The molecule has 0 aromatic heterocycles. The third-order valence-corrected chi connectivity index (χ3v) is 3.58. The van der Waals surface area contributed by atoms with E-state index in [0.29, 0.717) is 13.2 Å². The molecule has 0 amide bonds. The van der Waals surface area contributed by atoms with Crippen LogP contribution >= 0.6 is 0 Å². The van der Waals surface area contributed by atoms with Gasteiger partial charge in [0.05, 0.1) is 13.2 Å². The lowest BCUT2D eigenvalue weighted by Crippen LogP contribution is -2.06. The van der Waals surface area contributed by atoms with Crippen molar-refractivity contribution in [2.24, 2.45) is 0 Å². The quantitative estimate of drug-likeness (QED) is 0.608. The summed E-state index contributed by atoms with van der Waals surface area (Å²) >= 11 is 0. The summed E-state index contributed by atoms with van der Waals surface area (Å²) in [5.74, 6) is 1.66. The zero-order valence-electron chi connectivity index (χ0n) is 14.7. The van der Waals surface area contributed by atoms with Gasteiger partial charge in [-0.3, -0.25) is 0 Å². The van der Waals surface area contributed by atoms with E-state index in [1.54, 1.807) is 0 Å². The highest BCUT2D eigenvalue weighted by Gasteiger charge is 2.13. The molecule has 2 aromatic carbocycles. The van der Waals surface area contributed by atoms with E-state index >= 15 is 0 Å². The average Bonchev–Trinajstić information content (AvgIpc) is 2.61. The zero-order valence-corrected chi connectivity index (χ0v) is 14.7. The van der Waals surface area contributed by atoms with Crippen LogP contribution in [0.1, 0.15) is 31.4 Å². The Morgan fingerprint density at radius 3 is 2.54 bits per heavy atom. The summed E-state index contributed by atoms with van der Waals surface area (Å²) in [5, 5.41) is 3.44. The van der Waals surface area contributed by atoms with E-state index < -0.39 is 0 Å². The van der Waals surface area contributed by atoms with E-state index in [9.17, 15) is 0 Å². The molecule has 0 fully saturated rings. The maximum Gasteiger partial charge on any atom is 0.164 e. The molecule has 0 radical (unpaired) electrons. The molecule has 0 bridgehead atoms. The van der Waals surface area contributed by atoms with Crippen LogP contribution in [0.3, 0.4) is 0 Å². The predicted molar refractivity (Wildman–Crippen MR) is 101 cm³/mol. The van der Waals surface area contributed by atoms with Crippen LogP contribution in [0.2, 0.25) is 0 Å². The monoisotopic (exact) mass is 325 g/mol. The molecular weight excluding hydrogens is 298 g/mol. The number of anilines is 1. The van der Waals surface area contributed by atoms with Crippen molar-refractivity contribution in [1.82, 2.24) is 0 Å². The number of para-hydroxylation sites is 1. The Balaban J connectivity index is 2.25. The van der Waals surface area contributed by atoms with Gasteiger partial charge in [0.25, 0.3) is 0 Å². The van der Waals surface area contributed by atoms with Gasteiger partial charge in [-0.2, -0.15) is 0 Å². The molecule has 0 heterocycles. The maximum atomic E-state index is 5.95. The van der Waals surface area contributed by atoms with Crippen LogP contribution in [0.5, 0.6) is 11.5 Å². The van der Waals surface area contributed by atoms with Gasteiger partial charge in [0.15, 0.2) is 11.5 Å². The van der Waals surface area contributed by atoms with Gasteiger partial charge in [-0.1, -0.05) is 31.2 Å². The second-order valence-corrected chi connectivity index (χ2v) is 5.58.